The minimum atomic E-state index is -3.55. The second-order valence-corrected chi connectivity index (χ2v) is 5.78. The summed E-state index contributed by atoms with van der Waals surface area (Å²) in [5.74, 6) is 0.472. The van der Waals surface area contributed by atoms with Gasteiger partial charge in [-0.15, -0.1) is 0 Å². The van der Waals surface area contributed by atoms with E-state index in [2.05, 4.69) is 14.9 Å². The van der Waals surface area contributed by atoms with Gasteiger partial charge in [-0.25, -0.2) is 13.1 Å². The molecule has 90 valence electrons. The molecule has 1 fully saturated rings. The highest BCUT2D eigenvalue weighted by Crippen LogP contribution is 2.28. The largest absolute Gasteiger partial charge is 0.390 e. The van der Waals surface area contributed by atoms with Gasteiger partial charge in [0.05, 0.1) is 12.3 Å². The van der Waals surface area contributed by atoms with Gasteiger partial charge >= 0.3 is 0 Å². The van der Waals surface area contributed by atoms with Crippen LogP contribution in [0, 0.1) is 12.8 Å². The molecule has 2 rings (SSSR count). The van der Waals surface area contributed by atoms with Crippen LogP contribution >= 0.6 is 0 Å². The topological polar surface area (TPSA) is 95.1 Å². The molecular formula is C9H15N3O3S. The summed E-state index contributed by atoms with van der Waals surface area (Å²) >= 11 is 0. The minimum absolute atomic E-state index is 0.0793. The zero-order chi connectivity index (χ0) is 11.8. The van der Waals surface area contributed by atoms with Crippen LogP contribution in [0.25, 0.3) is 0 Å². The molecule has 0 saturated heterocycles. The average molecular weight is 245 g/mol. The Bertz CT molecular complexity index is 476. The summed E-state index contributed by atoms with van der Waals surface area (Å²) < 4.78 is 26.4. The van der Waals surface area contributed by atoms with Crippen LogP contribution in [0.1, 0.15) is 24.2 Å². The van der Waals surface area contributed by atoms with Crippen molar-refractivity contribution < 1.29 is 13.5 Å². The summed E-state index contributed by atoms with van der Waals surface area (Å²) in [6.07, 6.45) is 2.17. The van der Waals surface area contributed by atoms with E-state index in [1.54, 1.807) is 6.92 Å². The molecule has 1 aromatic heterocycles. The highest BCUT2D eigenvalue weighted by Gasteiger charge is 2.27. The predicted octanol–water partition coefficient (Wildman–Crippen LogP) is -0.101. The number of aromatic amines is 1. The first-order valence-electron chi connectivity index (χ1n) is 5.19. The molecule has 1 heterocycles. The summed E-state index contributed by atoms with van der Waals surface area (Å²) in [7, 11) is -3.55. The Labute approximate surface area is 94.1 Å². The van der Waals surface area contributed by atoms with Gasteiger partial charge in [-0.05, 0) is 25.7 Å². The number of nitrogens with one attached hydrogen (secondary N) is 2. The predicted molar refractivity (Wildman–Crippen MR) is 57.2 cm³/mol. The van der Waals surface area contributed by atoms with Crippen LogP contribution in [0.2, 0.25) is 0 Å². The minimum Gasteiger partial charge on any atom is -0.390 e. The molecule has 7 heteroatoms. The lowest BCUT2D eigenvalue weighted by molar-refractivity contribution is 0.273. The first-order chi connectivity index (χ1) is 7.54. The molecule has 0 aliphatic heterocycles. The maximum absolute atomic E-state index is 11.9. The van der Waals surface area contributed by atoms with Gasteiger partial charge < -0.3 is 5.11 Å². The second kappa shape index (κ2) is 4.15. The van der Waals surface area contributed by atoms with Crippen molar-refractivity contribution in [1.82, 2.24) is 14.9 Å². The number of H-pyrrole nitrogens is 1. The van der Waals surface area contributed by atoms with Crippen molar-refractivity contribution in [1.29, 1.82) is 0 Å². The standard InChI is InChI=1S/C9H15N3O3S/c1-6-9(8(5-13)12-11-6)16(14,15)10-4-7-2-3-7/h7,10,13H,2-5H2,1H3,(H,11,12). The molecule has 16 heavy (non-hydrogen) atoms. The van der Waals surface area contributed by atoms with E-state index in [0.29, 0.717) is 18.2 Å². The van der Waals surface area contributed by atoms with Gasteiger partial charge in [0.15, 0.2) is 0 Å². The molecule has 3 N–H and O–H groups in total. The van der Waals surface area contributed by atoms with Crippen molar-refractivity contribution in [2.24, 2.45) is 5.92 Å². The van der Waals surface area contributed by atoms with E-state index in [1.165, 1.54) is 0 Å². The van der Waals surface area contributed by atoms with Crippen LogP contribution in [0.15, 0.2) is 4.90 Å². The van der Waals surface area contributed by atoms with Crippen LogP contribution < -0.4 is 4.72 Å². The molecular weight excluding hydrogens is 230 g/mol. The number of aliphatic hydroxyl groups is 1. The number of rotatable bonds is 5. The number of hydrogen-bond donors (Lipinski definition) is 3. The summed E-state index contributed by atoms with van der Waals surface area (Å²) in [4.78, 5) is 0.0793. The van der Waals surface area contributed by atoms with Crippen LogP contribution in [-0.2, 0) is 16.6 Å². The highest BCUT2D eigenvalue weighted by atomic mass is 32.2. The Morgan fingerprint density at radius 1 is 1.56 bits per heavy atom. The fraction of sp³-hybridized carbons (Fsp3) is 0.667. The molecule has 6 nitrogen and oxygen atoms in total. The first kappa shape index (κ1) is 11.6. The molecule has 0 aromatic carbocycles. The van der Waals surface area contributed by atoms with Crippen molar-refractivity contribution in [3.63, 3.8) is 0 Å². The van der Waals surface area contributed by atoms with Crippen molar-refractivity contribution in [3.8, 4) is 0 Å². The molecule has 0 unspecified atom stereocenters. The van der Waals surface area contributed by atoms with Gasteiger partial charge in [0.1, 0.15) is 10.6 Å². The zero-order valence-corrected chi connectivity index (χ0v) is 9.84. The maximum atomic E-state index is 11.9. The molecule has 0 bridgehead atoms. The number of aromatic nitrogens is 2. The molecule has 0 atom stereocenters. The van der Waals surface area contributed by atoms with Gasteiger partial charge in [0.2, 0.25) is 10.0 Å². The summed E-state index contributed by atoms with van der Waals surface area (Å²) in [5.41, 5.74) is 0.619. The average Bonchev–Trinajstić information content (AvgIpc) is 2.98. The summed E-state index contributed by atoms with van der Waals surface area (Å²) in [6.45, 7) is 1.71. The fourth-order valence-corrected chi connectivity index (χ4v) is 3.02. The van der Waals surface area contributed by atoms with E-state index < -0.39 is 10.0 Å². The number of aryl methyl sites for hydroxylation is 1. The zero-order valence-electron chi connectivity index (χ0n) is 9.02. The molecule has 0 spiro atoms. The monoisotopic (exact) mass is 245 g/mol. The highest BCUT2D eigenvalue weighted by molar-refractivity contribution is 7.89. The van der Waals surface area contributed by atoms with Gasteiger partial charge in [-0.3, -0.25) is 5.10 Å². The Kier molecular flexibility index (Phi) is 3.00. The van der Waals surface area contributed by atoms with Crippen LogP contribution in [0.3, 0.4) is 0 Å². The van der Waals surface area contributed by atoms with Crippen LogP contribution in [0.4, 0.5) is 0 Å². The molecule has 1 saturated carbocycles. The van der Waals surface area contributed by atoms with Crippen LogP contribution in [0.5, 0.6) is 0 Å². The first-order valence-corrected chi connectivity index (χ1v) is 6.67. The van der Waals surface area contributed by atoms with E-state index in [-0.39, 0.29) is 17.2 Å². The van der Waals surface area contributed by atoms with Gasteiger partial charge in [-0.2, -0.15) is 5.10 Å². The molecule has 1 aromatic rings. The van der Waals surface area contributed by atoms with Crippen LogP contribution in [-0.4, -0.2) is 30.3 Å². The lowest BCUT2D eigenvalue weighted by Gasteiger charge is -2.06. The van der Waals surface area contributed by atoms with E-state index in [1.807, 2.05) is 0 Å². The van der Waals surface area contributed by atoms with Crippen molar-refractivity contribution in [2.75, 3.05) is 6.54 Å². The van der Waals surface area contributed by atoms with Crippen molar-refractivity contribution >= 4 is 10.0 Å². The second-order valence-electron chi connectivity index (χ2n) is 4.08. The Hall–Kier alpha value is -0.920. The van der Waals surface area contributed by atoms with Gasteiger partial charge in [0, 0.05) is 6.54 Å². The van der Waals surface area contributed by atoms with E-state index >= 15 is 0 Å². The Morgan fingerprint density at radius 2 is 2.25 bits per heavy atom. The quantitative estimate of drug-likeness (QED) is 0.675. The lowest BCUT2D eigenvalue weighted by atomic mass is 10.4. The summed E-state index contributed by atoms with van der Waals surface area (Å²) in [6, 6.07) is 0. The molecule has 1 aliphatic carbocycles. The molecule has 0 radical (unpaired) electrons. The van der Waals surface area contributed by atoms with E-state index in [4.69, 9.17) is 5.11 Å². The summed E-state index contributed by atoms with van der Waals surface area (Å²) in [5, 5.41) is 15.3. The van der Waals surface area contributed by atoms with Crippen molar-refractivity contribution in [3.05, 3.63) is 11.4 Å². The molecule has 1 aliphatic rings. The SMILES string of the molecule is Cc1[nH]nc(CO)c1S(=O)(=O)NCC1CC1. The number of sulfonamides is 1. The lowest BCUT2D eigenvalue weighted by Crippen LogP contribution is -2.27. The molecule has 0 amide bonds. The third-order valence-electron chi connectivity index (χ3n) is 2.64. The third kappa shape index (κ3) is 2.26. The smallest absolute Gasteiger partial charge is 0.244 e. The van der Waals surface area contributed by atoms with Gasteiger partial charge in [-0.1, -0.05) is 0 Å². The maximum Gasteiger partial charge on any atom is 0.244 e. The fourth-order valence-electron chi connectivity index (χ4n) is 1.55. The normalized spacial score (nSPS) is 16.6. The van der Waals surface area contributed by atoms with Gasteiger partial charge in [0.25, 0.3) is 0 Å². The number of aliphatic hydroxyl groups excluding tert-OH is 1. The Morgan fingerprint density at radius 3 is 2.81 bits per heavy atom. The van der Waals surface area contributed by atoms with E-state index in [9.17, 15) is 8.42 Å². The number of hydrogen-bond acceptors (Lipinski definition) is 4. The van der Waals surface area contributed by atoms with E-state index in [0.717, 1.165) is 12.8 Å². The third-order valence-corrected chi connectivity index (χ3v) is 4.26. The Balaban J connectivity index is 2.22. The number of nitrogens with zero attached hydrogens (tertiary/aromatic N) is 1. The van der Waals surface area contributed by atoms with Crippen molar-refractivity contribution in [2.45, 2.75) is 31.3 Å².